The molecule has 3 aromatic carbocycles. The van der Waals surface area contributed by atoms with Crippen molar-refractivity contribution in [3.63, 3.8) is 0 Å². The maximum Gasteiger partial charge on any atom is 0.260 e. The summed E-state index contributed by atoms with van der Waals surface area (Å²) in [6, 6.07) is 21.1. The third-order valence-corrected chi connectivity index (χ3v) is 6.64. The van der Waals surface area contributed by atoms with Crippen LogP contribution in [0.2, 0.25) is 0 Å². The number of anilines is 2. The van der Waals surface area contributed by atoms with Crippen LogP contribution in [0.15, 0.2) is 72.8 Å². The first-order valence-electron chi connectivity index (χ1n) is 12.0. The molecule has 36 heavy (non-hydrogen) atoms. The summed E-state index contributed by atoms with van der Waals surface area (Å²) in [6.07, 6.45) is 2.00. The highest BCUT2D eigenvalue weighted by Crippen LogP contribution is 2.45. The first-order valence-corrected chi connectivity index (χ1v) is 12.0. The standard InChI is InChI=1S/C28H26N4O4/c29-25(34)18-13-15-19(16-14-18)30-24(33)12-2-1-7-17-31-26-20-8-3-4-9-21(20)28(36)32(26)23-11-6-5-10-22(23)27(31)35/h3-6,8-11,13-16,26H,1-2,7,12,17H2,(H2,29,34)(H,30,33)/t26-/m0/s1. The van der Waals surface area contributed by atoms with Crippen LogP contribution in [0.4, 0.5) is 11.4 Å². The monoisotopic (exact) mass is 482 g/mol. The van der Waals surface area contributed by atoms with E-state index < -0.39 is 12.1 Å². The summed E-state index contributed by atoms with van der Waals surface area (Å²) >= 11 is 0. The molecule has 0 aromatic heterocycles. The number of amides is 4. The van der Waals surface area contributed by atoms with Gasteiger partial charge < -0.3 is 16.0 Å². The maximum atomic E-state index is 13.4. The third-order valence-electron chi connectivity index (χ3n) is 6.64. The van der Waals surface area contributed by atoms with Gasteiger partial charge in [0.1, 0.15) is 6.17 Å². The van der Waals surface area contributed by atoms with Crippen molar-refractivity contribution in [2.45, 2.75) is 31.8 Å². The van der Waals surface area contributed by atoms with Gasteiger partial charge in [0.05, 0.1) is 11.3 Å². The Morgan fingerprint density at radius 2 is 1.50 bits per heavy atom. The molecule has 2 heterocycles. The number of nitrogens with one attached hydrogen (secondary N) is 1. The predicted molar refractivity (Wildman–Crippen MR) is 136 cm³/mol. The fourth-order valence-corrected chi connectivity index (χ4v) is 4.89. The van der Waals surface area contributed by atoms with E-state index in [0.29, 0.717) is 53.9 Å². The average molecular weight is 483 g/mol. The second-order valence-electron chi connectivity index (χ2n) is 8.95. The quantitative estimate of drug-likeness (QED) is 0.471. The van der Waals surface area contributed by atoms with Gasteiger partial charge in [-0.25, -0.2) is 0 Å². The van der Waals surface area contributed by atoms with Crippen LogP contribution in [0.25, 0.3) is 0 Å². The number of nitrogens with zero attached hydrogens (tertiary/aromatic N) is 2. The van der Waals surface area contributed by atoms with Crippen LogP contribution in [0.3, 0.4) is 0 Å². The van der Waals surface area contributed by atoms with E-state index in [0.717, 1.165) is 12.0 Å². The predicted octanol–water partition coefficient (Wildman–Crippen LogP) is 4.10. The van der Waals surface area contributed by atoms with Gasteiger partial charge in [0.15, 0.2) is 0 Å². The molecule has 0 fully saturated rings. The van der Waals surface area contributed by atoms with Crippen LogP contribution in [-0.2, 0) is 4.79 Å². The number of nitrogens with two attached hydrogens (primary N) is 1. The summed E-state index contributed by atoms with van der Waals surface area (Å²) in [7, 11) is 0. The van der Waals surface area contributed by atoms with Crippen molar-refractivity contribution in [3.8, 4) is 0 Å². The van der Waals surface area contributed by atoms with Gasteiger partial charge in [0.2, 0.25) is 11.8 Å². The Morgan fingerprint density at radius 3 is 2.25 bits per heavy atom. The van der Waals surface area contributed by atoms with Crippen LogP contribution in [0, 0.1) is 0 Å². The molecular weight excluding hydrogens is 456 g/mol. The summed E-state index contributed by atoms with van der Waals surface area (Å²) in [6.45, 7) is 0.478. The Morgan fingerprint density at radius 1 is 0.806 bits per heavy atom. The van der Waals surface area contributed by atoms with E-state index in [4.69, 9.17) is 5.73 Å². The lowest BCUT2D eigenvalue weighted by atomic mass is 10.0. The normalized spacial score (nSPS) is 15.8. The number of primary amides is 1. The van der Waals surface area contributed by atoms with E-state index in [1.807, 2.05) is 36.4 Å². The summed E-state index contributed by atoms with van der Waals surface area (Å²) in [4.78, 5) is 53.6. The second kappa shape index (κ2) is 9.65. The van der Waals surface area contributed by atoms with Gasteiger partial charge >= 0.3 is 0 Å². The van der Waals surface area contributed by atoms with E-state index in [2.05, 4.69) is 5.32 Å². The lowest BCUT2D eigenvalue weighted by Gasteiger charge is -2.41. The van der Waals surface area contributed by atoms with Gasteiger partial charge in [0.25, 0.3) is 11.8 Å². The number of benzene rings is 3. The largest absolute Gasteiger partial charge is 0.366 e. The highest BCUT2D eigenvalue weighted by Gasteiger charge is 2.47. The fraction of sp³-hybridized carbons (Fsp3) is 0.214. The van der Waals surface area contributed by atoms with Crippen LogP contribution in [0.5, 0.6) is 0 Å². The molecule has 3 N–H and O–H groups in total. The molecule has 1 atom stereocenters. The van der Waals surface area contributed by atoms with E-state index in [1.165, 1.54) is 0 Å². The van der Waals surface area contributed by atoms with Crippen molar-refractivity contribution in [3.05, 3.63) is 95.1 Å². The Kier molecular flexibility index (Phi) is 6.25. The second-order valence-corrected chi connectivity index (χ2v) is 8.95. The summed E-state index contributed by atoms with van der Waals surface area (Å²) in [5, 5.41) is 2.81. The number of carbonyl (C=O) groups is 4. The third kappa shape index (κ3) is 4.22. The van der Waals surface area contributed by atoms with Crippen LogP contribution < -0.4 is 16.0 Å². The lowest BCUT2D eigenvalue weighted by Crippen LogP contribution is -2.48. The molecule has 2 aliphatic rings. The minimum absolute atomic E-state index is 0.0893. The average Bonchev–Trinajstić information content (AvgIpc) is 3.18. The fourth-order valence-electron chi connectivity index (χ4n) is 4.89. The van der Waals surface area contributed by atoms with Gasteiger partial charge in [-0.05, 0) is 55.3 Å². The number of rotatable bonds is 8. The SMILES string of the molecule is NC(=O)c1ccc(NC(=O)CCCCCN2C(=O)c3ccccc3N3C(=O)c4ccccc4[C@@H]23)cc1. The van der Waals surface area contributed by atoms with Crippen molar-refractivity contribution in [2.75, 3.05) is 16.8 Å². The Hall–Kier alpha value is -4.46. The highest BCUT2D eigenvalue weighted by molar-refractivity contribution is 6.16. The smallest absolute Gasteiger partial charge is 0.260 e. The summed E-state index contributed by atoms with van der Waals surface area (Å²) < 4.78 is 0. The number of fused-ring (bicyclic) bond motifs is 5. The lowest BCUT2D eigenvalue weighted by molar-refractivity contribution is -0.116. The number of hydrogen-bond acceptors (Lipinski definition) is 4. The maximum absolute atomic E-state index is 13.4. The molecule has 3 aromatic rings. The number of para-hydroxylation sites is 1. The van der Waals surface area contributed by atoms with Gasteiger partial charge in [-0.3, -0.25) is 24.1 Å². The van der Waals surface area contributed by atoms with Crippen molar-refractivity contribution in [1.29, 1.82) is 0 Å². The van der Waals surface area contributed by atoms with E-state index in [-0.39, 0.29) is 17.7 Å². The molecule has 8 nitrogen and oxygen atoms in total. The molecule has 0 unspecified atom stereocenters. The highest BCUT2D eigenvalue weighted by atomic mass is 16.2. The molecule has 8 heteroatoms. The first-order chi connectivity index (χ1) is 17.5. The summed E-state index contributed by atoms with van der Waals surface area (Å²) in [5.41, 5.74) is 8.85. The molecule has 0 spiro atoms. The van der Waals surface area contributed by atoms with Gasteiger partial charge in [-0.15, -0.1) is 0 Å². The topological polar surface area (TPSA) is 113 Å². The molecule has 5 rings (SSSR count). The minimum atomic E-state index is -0.517. The molecular formula is C28H26N4O4. The van der Waals surface area contributed by atoms with Crippen LogP contribution in [-0.4, -0.2) is 35.1 Å². The van der Waals surface area contributed by atoms with E-state index in [9.17, 15) is 19.2 Å². The van der Waals surface area contributed by atoms with Crippen molar-refractivity contribution in [1.82, 2.24) is 4.90 Å². The number of carbonyl (C=O) groups excluding carboxylic acids is 4. The Bertz CT molecular complexity index is 1350. The van der Waals surface area contributed by atoms with Gasteiger partial charge in [-0.2, -0.15) is 0 Å². The molecule has 4 amide bonds. The Balaban J connectivity index is 1.20. The zero-order valence-electron chi connectivity index (χ0n) is 19.6. The number of hydrogen-bond donors (Lipinski definition) is 2. The van der Waals surface area contributed by atoms with E-state index in [1.54, 1.807) is 46.2 Å². The molecule has 0 radical (unpaired) electrons. The van der Waals surface area contributed by atoms with Crippen LogP contribution in [0.1, 0.15) is 68.5 Å². The van der Waals surface area contributed by atoms with Crippen LogP contribution >= 0.6 is 0 Å². The van der Waals surface area contributed by atoms with E-state index >= 15 is 0 Å². The molecule has 0 saturated carbocycles. The van der Waals surface area contributed by atoms with Gasteiger partial charge in [0, 0.05) is 35.3 Å². The van der Waals surface area contributed by atoms with Crippen molar-refractivity contribution >= 4 is 35.0 Å². The summed E-state index contributed by atoms with van der Waals surface area (Å²) in [5.74, 6) is -0.821. The molecule has 182 valence electrons. The van der Waals surface area contributed by atoms with Gasteiger partial charge in [-0.1, -0.05) is 36.8 Å². The minimum Gasteiger partial charge on any atom is -0.366 e. The molecule has 0 saturated heterocycles. The van der Waals surface area contributed by atoms with Crippen molar-refractivity contribution < 1.29 is 19.2 Å². The molecule has 2 aliphatic heterocycles. The number of unbranched alkanes of at least 4 members (excludes halogenated alkanes) is 2. The first kappa shape index (κ1) is 23.3. The zero-order valence-corrected chi connectivity index (χ0v) is 19.6. The molecule has 0 bridgehead atoms. The Labute approximate surface area is 208 Å². The van der Waals surface area contributed by atoms with Crippen molar-refractivity contribution in [2.24, 2.45) is 5.73 Å². The zero-order chi connectivity index (χ0) is 25.2. The molecule has 0 aliphatic carbocycles.